The van der Waals surface area contributed by atoms with Crippen molar-refractivity contribution in [2.75, 3.05) is 32.8 Å². The lowest BCUT2D eigenvalue weighted by molar-refractivity contribution is 0.0157. The average Bonchev–Trinajstić information content (AvgIpc) is 2.44. The first-order chi connectivity index (χ1) is 9.18. The van der Waals surface area contributed by atoms with Crippen LogP contribution in [-0.2, 0) is 4.74 Å². The van der Waals surface area contributed by atoms with Crippen molar-refractivity contribution in [3.05, 3.63) is 0 Å². The summed E-state index contributed by atoms with van der Waals surface area (Å²) in [7, 11) is 0. The van der Waals surface area contributed by atoms with E-state index in [1.165, 1.54) is 32.1 Å². The second-order valence-corrected chi connectivity index (χ2v) is 6.21. The summed E-state index contributed by atoms with van der Waals surface area (Å²) in [6.45, 7) is 11.5. The number of nitrogens with two attached hydrogens (primary N) is 1. The van der Waals surface area contributed by atoms with Crippen molar-refractivity contribution < 1.29 is 4.74 Å². The summed E-state index contributed by atoms with van der Waals surface area (Å²) in [5.74, 6) is 0.875. The number of ether oxygens (including phenoxy) is 1. The Kier molecular flexibility index (Phi) is 7.96. The first-order valence-electron chi connectivity index (χ1n) is 8.21. The molecule has 0 saturated heterocycles. The van der Waals surface area contributed by atoms with E-state index in [4.69, 9.17) is 10.5 Å². The van der Waals surface area contributed by atoms with Crippen LogP contribution in [0.1, 0.15) is 59.3 Å². The minimum absolute atomic E-state index is 0.248. The van der Waals surface area contributed by atoms with Gasteiger partial charge in [-0.1, -0.05) is 20.8 Å². The molecule has 2 N–H and O–H groups in total. The van der Waals surface area contributed by atoms with Gasteiger partial charge in [0.2, 0.25) is 0 Å². The smallest absolute Gasteiger partial charge is 0.0593 e. The molecule has 0 radical (unpaired) electrons. The maximum atomic E-state index is 6.16. The van der Waals surface area contributed by atoms with Crippen molar-refractivity contribution in [2.24, 2.45) is 11.7 Å². The first kappa shape index (κ1) is 16.9. The van der Waals surface area contributed by atoms with Crippen molar-refractivity contribution in [1.29, 1.82) is 0 Å². The van der Waals surface area contributed by atoms with Crippen LogP contribution in [0.2, 0.25) is 0 Å². The topological polar surface area (TPSA) is 38.5 Å². The lowest BCUT2D eigenvalue weighted by atomic mass is 9.76. The summed E-state index contributed by atoms with van der Waals surface area (Å²) < 4.78 is 5.68. The van der Waals surface area contributed by atoms with Gasteiger partial charge in [0, 0.05) is 25.2 Å². The lowest BCUT2D eigenvalue weighted by Crippen LogP contribution is -2.56. The molecule has 1 rings (SSSR count). The first-order valence-corrected chi connectivity index (χ1v) is 8.21. The highest BCUT2D eigenvalue weighted by Crippen LogP contribution is 2.35. The van der Waals surface area contributed by atoms with Crippen molar-refractivity contribution in [2.45, 2.75) is 64.8 Å². The van der Waals surface area contributed by atoms with Crippen molar-refractivity contribution in [1.82, 2.24) is 4.90 Å². The molecule has 0 aromatic rings. The molecule has 0 spiro atoms. The summed E-state index contributed by atoms with van der Waals surface area (Å²) in [6.07, 6.45) is 7.48. The van der Waals surface area contributed by atoms with Gasteiger partial charge in [-0.3, -0.25) is 4.90 Å². The van der Waals surface area contributed by atoms with Gasteiger partial charge in [0.15, 0.2) is 0 Å². The molecule has 0 atom stereocenters. The van der Waals surface area contributed by atoms with Gasteiger partial charge in [-0.25, -0.2) is 0 Å². The maximum Gasteiger partial charge on any atom is 0.0593 e. The fraction of sp³-hybridized carbons (Fsp3) is 1.00. The molecule has 0 unspecified atom stereocenters. The Morgan fingerprint density at radius 3 is 2.32 bits per heavy atom. The van der Waals surface area contributed by atoms with E-state index in [1.807, 2.05) is 0 Å². The Balaban J connectivity index is 2.55. The number of hydrogen-bond donors (Lipinski definition) is 1. The van der Waals surface area contributed by atoms with Crippen LogP contribution in [0.3, 0.4) is 0 Å². The molecule has 1 aliphatic carbocycles. The summed E-state index contributed by atoms with van der Waals surface area (Å²) >= 11 is 0. The van der Waals surface area contributed by atoms with E-state index in [1.54, 1.807) is 0 Å². The zero-order valence-corrected chi connectivity index (χ0v) is 13.3. The van der Waals surface area contributed by atoms with Crippen LogP contribution in [0, 0.1) is 5.92 Å². The molecule has 114 valence electrons. The number of rotatable bonds is 9. The maximum absolute atomic E-state index is 6.16. The van der Waals surface area contributed by atoms with Crippen molar-refractivity contribution in [3.8, 4) is 0 Å². The highest BCUT2D eigenvalue weighted by Gasteiger charge is 2.37. The minimum Gasteiger partial charge on any atom is -0.380 e. The highest BCUT2D eigenvalue weighted by atomic mass is 16.5. The van der Waals surface area contributed by atoms with Crippen LogP contribution >= 0.6 is 0 Å². The predicted octanol–water partition coefficient (Wildman–Crippen LogP) is 3.03. The Labute approximate surface area is 119 Å². The zero-order chi connectivity index (χ0) is 14.1. The molecule has 0 amide bonds. The van der Waals surface area contributed by atoms with Crippen LogP contribution in [0.5, 0.6) is 0 Å². The molecule has 19 heavy (non-hydrogen) atoms. The van der Waals surface area contributed by atoms with E-state index < -0.39 is 0 Å². The molecule has 0 aromatic carbocycles. The van der Waals surface area contributed by atoms with Crippen LogP contribution in [0.15, 0.2) is 0 Å². The third-order valence-corrected chi connectivity index (χ3v) is 4.60. The monoisotopic (exact) mass is 270 g/mol. The molecule has 3 nitrogen and oxygen atoms in total. The number of hydrogen-bond acceptors (Lipinski definition) is 3. The zero-order valence-electron chi connectivity index (χ0n) is 13.3. The van der Waals surface area contributed by atoms with E-state index in [-0.39, 0.29) is 5.54 Å². The van der Waals surface area contributed by atoms with Gasteiger partial charge in [-0.05, 0) is 51.0 Å². The van der Waals surface area contributed by atoms with E-state index in [0.717, 1.165) is 45.2 Å². The number of nitrogens with zero attached hydrogens (tertiary/aromatic N) is 1. The predicted molar refractivity (Wildman–Crippen MR) is 82.4 cm³/mol. The van der Waals surface area contributed by atoms with Crippen molar-refractivity contribution in [3.63, 3.8) is 0 Å². The van der Waals surface area contributed by atoms with Gasteiger partial charge in [-0.15, -0.1) is 0 Å². The fourth-order valence-corrected chi connectivity index (χ4v) is 3.23. The van der Waals surface area contributed by atoms with Gasteiger partial charge >= 0.3 is 0 Å². The van der Waals surface area contributed by atoms with E-state index >= 15 is 0 Å². The Morgan fingerprint density at radius 1 is 1.11 bits per heavy atom. The molecule has 1 aliphatic rings. The fourth-order valence-electron chi connectivity index (χ4n) is 3.23. The van der Waals surface area contributed by atoms with Crippen LogP contribution in [0.25, 0.3) is 0 Å². The van der Waals surface area contributed by atoms with Crippen LogP contribution in [-0.4, -0.2) is 43.3 Å². The van der Waals surface area contributed by atoms with Gasteiger partial charge in [0.25, 0.3) is 0 Å². The SMILES string of the molecule is CCCOCCN(CCC)C1(CN)CCC(C)CC1. The van der Waals surface area contributed by atoms with Crippen LogP contribution < -0.4 is 5.73 Å². The molecule has 0 aliphatic heterocycles. The van der Waals surface area contributed by atoms with Gasteiger partial charge in [0.05, 0.1) is 6.61 Å². The van der Waals surface area contributed by atoms with E-state index in [9.17, 15) is 0 Å². The minimum atomic E-state index is 0.248. The van der Waals surface area contributed by atoms with Gasteiger partial charge < -0.3 is 10.5 Å². The van der Waals surface area contributed by atoms with Crippen molar-refractivity contribution >= 4 is 0 Å². The quantitative estimate of drug-likeness (QED) is 0.655. The van der Waals surface area contributed by atoms with E-state index in [0.29, 0.717) is 0 Å². The molecule has 3 heteroatoms. The standard InChI is InChI=1S/C16H34N2O/c1-4-10-18(11-13-19-12-5-2)16(14-17)8-6-15(3)7-9-16/h15H,4-14,17H2,1-3H3. The lowest BCUT2D eigenvalue weighted by Gasteiger charge is -2.47. The summed E-state index contributed by atoms with van der Waals surface area (Å²) in [4.78, 5) is 2.62. The molecule has 0 heterocycles. The average molecular weight is 270 g/mol. The second kappa shape index (κ2) is 8.93. The molecule has 0 aromatic heterocycles. The van der Waals surface area contributed by atoms with Crippen LogP contribution in [0.4, 0.5) is 0 Å². The molecular weight excluding hydrogens is 236 g/mol. The second-order valence-electron chi connectivity index (χ2n) is 6.21. The summed E-state index contributed by atoms with van der Waals surface area (Å²) in [5, 5.41) is 0. The molecular formula is C16H34N2O. The van der Waals surface area contributed by atoms with Gasteiger partial charge in [0.1, 0.15) is 0 Å². The largest absolute Gasteiger partial charge is 0.380 e. The Hall–Kier alpha value is -0.120. The third-order valence-electron chi connectivity index (χ3n) is 4.60. The molecule has 0 bridgehead atoms. The van der Waals surface area contributed by atoms with E-state index in [2.05, 4.69) is 25.7 Å². The highest BCUT2D eigenvalue weighted by molar-refractivity contribution is 4.95. The summed E-state index contributed by atoms with van der Waals surface area (Å²) in [6, 6.07) is 0. The summed E-state index contributed by atoms with van der Waals surface area (Å²) in [5.41, 5.74) is 6.41. The normalized spacial score (nSPS) is 27.9. The van der Waals surface area contributed by atoms with Gasteiger partial charge in [-0.2, -0.15) is 0 Å². The molecule has 1 fully saturated rings. The molecule has 1 saturated carbocycles. The Bertz CT molecular complexity index is 225. The third kappa shape index (κ3) is 5.05. The Morgan fingerprint density at radius 2 is 1.79 bits per heavy atom.